The van der Waals surface area contributed by atoms with Crippen molar-refractivity contribution in [3.8, 4) is 28.4 Å². The number of halogens is 1. The number of carbonyl (C=O) groups excluding carboxylic acids is 1. The van der Waals surface area contributed by atoms with E-state index in [9.17, 15) is 9.18 Å². The molecule has 180 valence electrons. The maximum absolute atomic E-state index is 13.5. The molecule has 0 fully saturated rings. The van der Waals surface area contributed by atoms with Crippen molar-refractivity contribution in [2.45, 2.75) is 20.3 Å². The van der Waals surface area contributed by atoms with Crippen molar-refractivity contribution >= 4 is 5.91 Å². The number of hydrogen-bond donors (Lipinski definition) is 1. The molecule has 0 unspecified atom stereocenters. The summed E-state index contributed by atoms with van der Waals surface area (Å²) in [6.07, 6.45) is 0.612. The minimum Gasteiger partial charge on any atom is -0.493 e. The Balaban J connectivity index is 1.58. The van der Waals surface area contributed by atoms with Crippen molar-refractivity contribution < 1.29 is 18.7 Å². The molecule has 1 heterocycles. The van der Waals surface area contributed by atoms with E-state index < -0.39 is 0 Å². The van der Waals surface area contributed by atoms with Crippen molar-refractivity contribution in [1.82, 2.24) is 15.1 Å². The van der Waals surface area contributed by atoms with Crippen molar-refractivity contribution in [2.75, 3.05) is 20.8 Å². The van der Waals surface area contributed by atoms with Crippen LogP contribution in [-0.4, -0.2) is 36.5 Å². The minimum atomic E-state index is -0.351. The van der Waals surface area contributed by atoms with Crippen LogP contribution < -0.4 is 14.8 Å². The van der Waals surface area contributed by atoms with Gasteiger partial charge < -0.3 is 14.8 Å². The second-order valence-corrected chi connectivity index (χ2v) is 8.30. The molecular weight excluding hydrogens is 445 g/mol. The van der Waals surface area contributed by atoms with Gasteiger partial charge in [-0.3, -0.25) is 4.79 Å². The summed E-state index contributed by atoms with van der Waals surface area (Å²) in [4.78, 5) is 13.2. The molecule has 0 atom stereocenters. The lowest BCUT2D eigenvalue weighted by molar-refractivity contribution is 0.0946. The molecule has 6 nitrogen and oxygen atoms in total. The number of carbonyl (C=O) groups is 1. The maximum Gasteiger partial charge on any atom is 0.270 e. The highest BCUT2D eigenvalue weighted by atomic mass is 19.1. The summed E-state index contributed by atoms with van der Waals surface area (Å²) in [6.45, 7) is 4.51. The van der Waals surface area contributed by atoms with Gasteiger partial charge in [0, 0.05) is 12.1 Å². The highest BCUT2D eigenvalue weighted by Crippen LogP contribution is 2.28. The monoisotopic (exact) mass is 473 g/mol. The highest BCUT2D eigenvalue weighted by Gasteiger charge is 2.18. The second kappa shape index (κ2) is 10.4. The Kier molecular flexibility index (Phi) is 7.15. The van der Waals surface area contributed by atoms with Gasteiger partial charge >= 0.3 is 0 Å². The van der Waals surface area contributed by atoms with Gasteiger partial charge in [-0.05, 0) is 85.5 Å². The molecule has 0 aliphatic carbocycles. The number of amides is 1. The van der Waals surface area contributed by atoms with E-state index in [1.165, 1.54) is 17.7 Å². The summed E-state index contributed by atoms with van der Waals surface area (Å²) >= 11 is 0. The van der Waals surface area contributed by atoms with E-state index in [0.717, 1.165) is 16.7 Å². The molecule has 1 amide bonds. The van der Waals surface area contributed by atoms with Crippen LogP contribution in [-0.2, 0) is 6.42 Å². The van der Waals surface area contributed by atoms with Gasteiger partial charge in [-0.2, -0.15) is 5.10 Å². The van der Waals surface area contributed by atoms with E-state index in [2.05, 4.69) is 10.4 Å². The normalized spacial score (nSPS) is 10.8. The lowest BCUT2D eigenvalue weighted by Gasteiger charge is -2.11. The van der Waals surface area contributed by atoms with Gasteiger partial charge in [0.25, 0.3) is 5.91 Å². The molecule has 0 saturated heterocycles. The minimum absolute atomic E-state index is 0.266. The van der Waals surface area contributed by atoms with Gasteiger partial charge in [-0.1, -0.05) is 18.2 Å². The first-order chi connectivity index (χ1) is 16.9. The SMILES string of the molecule is COc1ccc(CCNC(=O)c2cc(-c3ccc(C)c(C)c3)nn2-c2ccc(F)cc2)cc1OC. The molecule has 4 rings (SSSR count). The molecule has 1 N–H and O–H groups in total. The van der Waals surface area contributed by atoms with Crippen LogP contribution in [0.5, 0.6) is 11.5 Å². The van der Waals surface area contributed by atoms with E-state index in [1.54, 1.807) is 37.1 Å². The zero-order valence-corrected chi connectivity index (χ0v) is 20.3. The van der Waals surface area contributed by atoms with Crippen LogP contribution in [0.15, 0.2) is 66.7 Å². The fourth-order valence-electron chi connectivity index (χ4n) is 3.81. The topological polar surface area (TPSA) is 65.4 Å². The van der Waals surface area contributed by atoms with E-state index in [0.29, 0.717) is 41.5 Å². The quantitative estimate of drug-likeness (QED) is 0.378. The van der Waals surface area contributed by atoms with Crippen LogP contribution in [0.2, 0.25) is 0 Å². The van der Waals surface area contributed by atoms with Crippen LogP contribution in [0.25, 0.3) is 16.9 Å². The van der Waals surface area contributed by atoms with Gasteiger partial charge in [0.2, 0.25) is 0 Å². The molecule has 0 aliphatic rings. The molecule has 0 aliphatic heterocycles. The highest BCUT2D eigenvalue weighted by molar-refractivity contribution is 5.94. The first-order valence-corrected chi connectivity index (χ1v) is 11.3. The third-order valence-electron chi connectivity index (χ3n) is 5.96. The Morgan fingerprint density at radius 1 is 0.914 bits per heavy atom. The predicted molar refractivity (Wildman–Crippen MR) is 134 cm³/mol. The molecule has 3 aromatic carbocycles. The average molecular weight is 474 g/mol. The fourth-order valence-corrected chi connectivity index (χ4v) is 3.81. The number of methoxy groups -OCH3 is 2. The van der Waals surface area contributed by atoms with Crippen LogP contribution in [0.3, 0.4) is 0 Å². The zero-order chi connectivity index (χ0) is 24.9. The zero-order valence-electron chi connectivity index (χ0n) is 20.3. The molecule has 35 heavy (non-hydrogen) atoms. The van der Waals surface area contributed by atoms with E-state index in [-0.39, 0.29) is 11.7 Å². The molecule has 0 spiro atoms. The van der Waals surface area contributed by atoms with Crippen LogP contribution >= 0.6 is 0 Å². The number of benzene rings is 3. The molecule has 0 radical (unpaired) electrons. The van der Waals surface area contributed by atoms with Gasteiger partial charge in [-0.15, -0.1) is 0 Å². The summed E-state index contributed by atoms with van der Waals surface area (Å²) in [5, 5.41) is 7.66. The Bertz CT molecular complexity index is 1350. The van der Waals surface area contributed by atoms with E-state index in [1.807, 2.05) is 50.2 Å². The number of hydrogen-bond acceptors (Lipinski definition) is 4. The fraction of sp³-hybridized carbons (Fsp3) is 0.214. The molecule has 0 bridgehead atoms. The summed E-state index contributed by atoms with van der Waals surface area (Å²) in [7, 11) is 3.18. The summed E-state index contributed by atoms with van der Waals surface area (Å²) < 4.78 is 25.7. The number of nitrogens with one attached hydrogen (secondary N) is 1. The smallest absolute Gasteiger partial charge is 0.270 e. The van der Waals surface area contributed by atoms with Crippen LogP contribution in [0, 0.1) is 19.7 Å². The molecule has 1 aromatic heterocycles. The van der Waals surface area contributed by atoms with E-state index >= 15 is 0 Å². The summed E-state index contributed by atoms with van der Waals surface area (Å²) in [5.74, 6) is 0.680. The predicted octanol–water partition coefficient (Wildman–Crippen LogP) is 5.28. The number of aryl methyl sites for hydroxylation is 2. The Labute approximate surface area is 204 Å². The van der Waals surface area contributed by atoms with Crippen LogP contribution in [0.4, 0.5) is 4.39 Å². The standard InChI is InChI=1S/C28H28FN3O3/c1-18-5-7-21(15-19(18)2)24-17-25(32(31-24)23-10-8-22(29)9-11-23)28(33)30-14-13-20-6-12-26(34-3)27(16-20)35-4/h5-12,15-17H,13-14H2,1-4H3,(H,30,33). The Morgan fingerprint density at radius 2 is 1.66 bits per heavy atom. The first kappa shape index (κ1) is 24.0. The molecule has 7 heteroatoms. The lowest BCUT2D eigenvalue weighted by atomic mass is 10.0. The van der Waals surface area contributed by atoms with Crippen molar-refractivity contribution in [3.05, 3.63) is 94.9 Å². The molecular formula is C28H28FN3O3. The largest absolute Gasteiger partial charge is 0.493 e. The van der Waals surface area contributed by atoms with Crippen LogP contribution in [0.1, 0.15) is 27.2 Å². The third kappa shape index (κ3) is 5.35. The van der Waals surface area contributed by atoms with Crippen molar-refractivity contribution in [2.24, 2.45) is 0 Å². The molecule has 4 aromatic rings. The van der Waals surface area contributed by atoms with Crippen molar-refractivity contribution in [3.63, 3.8) is 0 Å². The number of ether oxygens (including phenoxy) is 2. The molecule has 0 saturated carbocycles. The second-order valence-electron chi connectivity index (χ2n) is 8.30. The number of rotatable bonds is 8. The number of nitrogens with zero attached hydrogens (tertiary/aromatic N) is 2. The lowest BCUT2D eigenvalue weighted by Crippen LogP contribution is -2.27. The van der Waals surface area contributed by atoms with Gasteiger partial charge in [0.15, 0.2) is 11.5 Å². The van der Waals surface area contributed by atoms with Crippen molar-refractivity contribution in [1.29, 1.82) is 0 Å². The number of aromatic nitrogens is 2. The average Bonchev–Trinajstić information content (AvgIpc) is 3.31. The Hall–Kier alpha value is -4.13. The van der Waals surface area contributed by atoms with Gasteiger partial charge in [0.1, 0.15) is 11.5 Å². The maximum atomic E-state index is 13.5. The first-order valence-electron chi connectivity index (χ1n) is 11.3. The Morgan fingerprint density at radius 3 is 2.34 bits per heavy atom. The van der Waals surface area contributed by atoms with Gasteiger partial charge in [0.05, 0.1) is 25.6 Å². The third-order valence-corrected chi connectivity index (χ3v) is 5.96. The summed E-state index contributed by atoms with van der Waals surface area (Å²) in [5.41, 5.74) is 5.88. The van der Waals surface area contributed by atoms with Gasteiger partial charge in [-0.25, -0.2) is 9.07 Å². The van der Waals surface area contributed by atoms with E-state index in [4.69, 9.17) is 9.47 Å². The summed E-state index contributed by atoms with van der Waals surface area (Å²) in [6, 6.07) is 19.4.